The molecule has 1 aromatic rings. The van der Waals surface area contributed by atoms with Crippen molar-refractivity contribution in [2.75, 3.05) is 13.1 Å². The van der Waals surface area contributed by atoms with E-state index in [0.717, 1.165) is 6.92 Å². The lowest BCUT2D eigenvalue weighted by molar-refractivity contribution is -0.227. The Labute approximate surface area is 115 Å². The summed E-state index contributed by atoms with van der Waals surface area (Å²) in [4.78, 5) is 0. The van der Waals surface area contributed by atoms with Gasteiger partial charge in [-0.3, -0.25) is 0 Å². The van der Waals surface area contributed by atoms with E-state index in [1.54, 1.807) is 24.3 Å². The van der Waals surface area contributed by atoms with Gasteiger partial charge in [0.25, 0.3) is 0 Å². The zero-order chi connectivity index (χ0) is 14.5. The van der Waals surface area contributed by atoms with E-state index >= 15 is 0 Å². The van der Waals surface area contributed by atoms with E-state index in [1.807, 2.05) is 6.92 Å². The predicted molar refractivity (Wildman–Crippen MR) is 69.3 cm³/mol. The molecule has 108 valence electrons. The Morgan fingerprint density at radius 3 is 2.47 bits per heavy atom. The van der Waals surface area contributed by atoms with E-state index in [4.69, 9.17) is 16.3 Å². The van der Waals surface area contributed by atoms with Gasteiger partial charge in [-0.05, 0) is 19.5 Å². The number of benzene rings is 1. The number of rotatable bonds is 6. The number of ether oxygens (including phenoxy) is 1. The number of halogens is 4. The average molecular weight is 296 g/mol. The van der Waals surface area contributed by atoms with E-state index in [9.17, 15) is 13.2 Å². The van der Waals surface area contributed by atoms with Crippen molar-refractivity contribution in [3.8, 4) is 0 Å². The average Bonchev–Trinajstić information content (AvgIpc) is 2.34. The molecule has 2 atom stereocenters. The van der Waals surface area contributed by atoms with Crippen LogP contribution in [0.25, 0.3) is 0 Å². The summed E-state index contributed by atoms with van der Waals surface area (Å²) in [7, 11) is 0. The number of alkyl halides is 3. The highest BCUT2D eigenvalue weighted by molar-refractivity contribution is 6.31. The Morgan fingerprint density at radius 2 is 1.95 bits per heavy atom. The molecular formula is C13H17ClF3NO. The Balaban J connectivity index is 2.86. The molecule has 0 radical (unpaired) electrons. The van der Waals surface area contributed by atoms with E-state index in [1.165, 1.54) is 0 Å². The van der Waals surface area contributed by atoms with Crippen molar-refractivity contribution in [2.24, 2.45) is 0 Å². The molecule has 0 heterocycles. The maximum Gasteiger partial charge on any atom is 0.414 e. The third kappa shape index (κ3) is 5.01. The van der Waals surface area contributed by atoms with Crippen molar-refractivity contribution in [1.82, 2.24) is 5.32 Å². The smallest absolute Gasteiger partial charge is 0.360 e. The number of hydrogen-bond acceptors (Lipinski definition) is 2. The van der Waals surface area contributed by atoms with Gasteiger partial charge in [0.15, 0.2) is 6.10 Å². The first-order valence-electron chi connectivity index (χ1n) is 6.03. The summed E-state index contributed by atoms with van der Waals surface area (Å²) < 4.78 is 42.8. The van der Waals surface area contributed by atoms with Crippen LogP contribution in [0.1, 0.15) is 25.5 Å². The topological polar surface area (TPSA) is 21.3 Å². The molecule has 0 saturated carbocycles. The summed E-state index contributed by atoms with van der Waals surface area (Å²) in [5.74, 6) is 0. The van der Waals surface area contributed by atoms with Crippen LogP contribution >= 0.6 is 11.6 Å². The molecule has 0 saturated heterocycles. The van der Waals surface area contributed by atoms with Crippen LogP contribution in [0.2, 0.25) is 5.02 Å². The van der Waals surface area contributed by atoms with Gasteiger partial charge in [0.05, 0.1) is 6.10 Å². The molecule has 2 nitrogen and oxygen atoms in total. The van der Waals surface area contributed by atoms with Crippen molar-refractivity contribution in [1.29, 1.82) is 0 Å². The lowest BCUT2D eigenvalue weighted by Crippen LogP contribution is -2.33. The Morgan fingerprint density at radius 1 is 1.32 bits per heavy atom. The maximum atomic E-state index is 12.6. The van der Waals surface area contributed by atoms with Crippen LogP contribution in [0.4, 0.5) is 13.2 Å². The SMILES string of the molecule is CCNCC(OC(C)C(F)(F)F)c1ccccc1Cl. The molecule has 1 aromatic carbocycles. The van der Waals surface area contributed by atoms with Gasteiger partial charge < -0.3 is 10.1 Å². The second-order valence-corrected chi connectivity index (χ2v) is 4.54. The molecule has 19 heavy (non-hydrogen) atoms. The van der Waals surface area contributed by atoms with Gasteiger partial charge in [-0.1, -0.05) is 36.7 Å². The minimum atomic E-state index is -4.38. The number of nitrogens with one attached hydrogen (secondary N) is 1. The molecule has 0 aliphatic heterocycles. The van der Waals surface area contributed by atoms with Crippen LogP contribution in [0.15, 0.2) is 24.3 Å². The van der Waals surface area contributed by atoms with Gasteiger partial charge in [0, 0.05) is 17.1 Å². The van der Waals surface area contributed by atoms with Crippen molar-refractivity contribution < 1.29 is 17.9 Å². The molecule has 0 aliphatic rings. The third-order valence-electron chi connectivity index (χ3n) is 2.66. The quantitative estimate of drug-likeness (QED) is 0.858. The molecule has 0 amide bonds. The Hall–Kier alpha value is -0.780. The van der Waals surface area contributed by atoms with Crippen LogP contribution < -0.4 is 5.32 Å². The monoisotopic (exact) mass is 295 g/mol. The molecule has 0 aliphatic carbocycles. The molecular weight excluding hydrogens is 279 g/mol. The zero-order valence-corrected chi connectivity index (χ0v) is 11.6. The number of hydrogen-bond donors (Lipinski definition) is 1. The first kappa shape index (κ1) is 16.3. The number of likely N-dealkylation sites (N-methyl/N-ethyl adjacent to an activating group) is 1. The van der Waals surface area contributed by atoms with Gasteiger partial charge in [-0.25, -0.2) is 0 Å². The molecule has 0 bridgehead atoms. The fraction of sp³-hybridized carbons (Fsp3) is 0.538. The lowest BCUT2D eigenvalue weighted by Gasteiger charge is -2.25. The third-order valence-corrected chi connectivity index (χ3v) is 3.01. The molecule has 6 heteroatoms. The summed E-state index contributed by atoms with van der Waals surface area (Å²) in [5, 5.41) is 3.38. The van der Waals surface area contributed by atoms with Gasteiger partial charge >= 0.3 is 6.18 Å². The lowest BCUT2D eigenvalue weighted by atomic mass is 10.1. The van der Waals surface area contributed by atoms with E-state index in [2.05, 4.69) is 5.32 Å². The van der Waals surface area contributed by atoms with Crippen LogP contribution in [0, 0.1) is 0 Å². The van der Waals surface area contributed by atoms with Crippen molar-refractivity contribution in [3.05, 3.63) is 34.9 Å². The van der Waals surface area contributed by atoms with Crippen LogP contribution in [-0.4, -0.2) is 25.4 Å². The molecule has 0 aromatic heterocycles. The standard InChI is InChI=1S/C13H17ClF3NO/c1-3-18-8-12(19-9(2)13(15,16)17)10-6-4-5-7-11(10)14/h4-7,9,12,18H,3,8H2,1-2H3. The first-order chi connectivity index (χ1) is 8.86. The minimum Gasteiger partial charge on any atom is -0.360 e. The van der Waals surface area contributed by atoms with E-state index in [-0.39, 0.29) is 6.54 Å². The van der Waals surface area contributed by atoms with Gasteiger partial charge in [-0.15, -0.1) is 0 Å². The van der Waals surface area contributed by atoms with Gasteiger partial charge in [0.2, 0.25) is 0 Å². The molecule has 2 unspecified atom stereocenters. The maximum absolute atomic E-state index is 12.6. The van der Waals surface area contributed by atoms with Gasteiger partial charge in [-0.2, -0.15) is 13.2 Å². The van der Waals surface area contributed by atoms with Crippen molar-refractivity contribution in [2.45, 2.75) is 32.2 Å². The Kier molecular flexibility index (Phi) is 6.10. The molecule has 1 N–H and O–H groups in total. The largest absolute Gasteiger partial charge is 0.414 e. The van der Waals surface area contributed by atoms with Crippen molar-refractivity contribution in [3.63, 3.8) is 0 Å². The highest BCUT2D eigenvalue weighted by atomic mass is 35.5. The summed E-state index contributed by atoms with van der Waals surface area (Å²) in [6.07, 6.45) is -6.95. The fourth-order valence-electron chi connectivity index (χ4n) is 1.57. The predicted octanol–water partition coefficient (Wildman–Crippen LogP) is 3.96. The Bertz CT molecular complexity index is 398. The fourth-order valence-corrected chi connectivity index (χ4v) is 1.82. The zero-order valence-electron chi connectivity index (χ0n) is 10.8. The summed E-state index contributed by atoms with van der Waals surface area (Å²) in [6, 6.07) is 6.76. The van der Waals surface area contributed by atoms with Crippen LogP contribution in [-0.2, 0) is 4.74 Å². The first-order valence-corrected chi connectivity index (χ1v) is 6.41. The summed E-state index contributed by atoms with van der Waals surface area (Å²) in [6.45, 7) is 3.79. The van der Waals surface area contributed by atoms with Crippen molar-refractivity contribution >= 4 is 11.6 Å². The van der Waals surface area contributed by atoms with E-state index in [0.29, 0.717) is 17.1 Å². The highest BCUT2D eigenvalue weighted by Crippen LogP contribution is 2.31. The summed E-state index contributed by atoms with van der Waals surface area (Å²) in [5.41, 5.74) is 0.557. The van der Waals surface area contributed by atoms with Crippen LogP contribution in [0.3, 0.4) is 0 Å². The highest BCUT2D eigenvalue weighted by Gasteiger charge is 2.38. The molecule has 1 rings (SSSR count). The second-order valence-electron chi connectivity index (χ2n) is 4.14. The van der Waals surface area contributed by atoms with E-state index < -0.39 is 18.4 Å². The molecule has 0 fully saturated rings. The van der Waals surface area contributed by atoms with Gasteiger partial charge in [0.1, 0.15) is 0 Å². The normalized spacial score (nSPS) is 15.3. The molecule has 0 spiro atoms. The van der Waals surface area contributed by atoms with Crippen LogP contribution in [0.5, 0.6) is 0 Å². The summed E-state index contributed by atoms with van der Waals surface area (Å²) >= 11 is 6.01. The minimum absolute atomic E-state index is 0.278. The second kappa shape index (κ2) is 7.12.